The zero-order valence-electron chi connectivity index (χ0n) is 15.3. The van der Waals surface area contributed by atoms with Gasteiger partial charge in [-0.2, -0.15) is 0 Å². The number of hydrogen-bond acceptors (Lipinski definition) is 4. The van der Waals surface area contributed by atoms with Crippen LogP contribution in [0.15, 0.2) is 88.1 Å². The van der Waals surface area contributed by atoms with E-state index in [1.807, 2.05) is 25.1 Å². The van der Waals surface area contributed by atoms with Crippen molar-refractivity contribution in [2.75, 3.05) is 6.61 Å². The summed E-state index contributed by atoms with van der Waals surface area (Å²) in [5, 5.41) is 0.447. The first-order chi connectivity index (χ1) is 13.7. The number of fused-ring (bicyclic) bond motifs is 1. The molecule has 0 fully saturated rings. The van der Waals surface area contributed by atoms with E-state index in [1.165, 1.54) is 0 Å². The summed E-state index contributed by atoms with van der Waals surface area (Å²) in [5.74, 6) is -0.0364. The number of carbonyl (C=O) groups excluding carboxylic acids is 1. The zero-order valence-corrected chi connectivity index (χ0v) is 15.3. The predicted octanol–water partition coefficient (Wildman–Crippen LogP) is 5.09. The fraction of sp³-hybridized carbons (Fsp3) is 0.0833. The maximum Gasteiger partial charge on any atom is 0.297 e. The molecule has 0 radical (unpaired) electrons. The molecule has 0 saturated carbocycles. The summed E-state index contributed by atoms with van der Waals surface area (Å²) in [6, 6.07) is 23.0. The molecular weight excluding hydrogens is 352 g/mol. The highest BCUT2D eigenvalue weighted by Crippen LogP contribution is 2.33. The Morgan fingerprint density at radius 1 is 0.893 bits per heavy atom. The van der Waals surface area contributed by atoms with Gasteiger partial charge in [-0.25, -0.2) is 0 Å². The average Bonchev–Trinajstić information content (AvgIpc) is 2.74. The Bertz CT molecular complexity index is 1210. The maximum atomic E-state index is 13.3. The third-order valence-corrected chi connectivity index (χ3v) is 4.52. The van der Waals surface area contributed by atoms with Gasteiger partial charge in [-0.1, -0.05) is 66.7 Å². The van der Waals surface area contributed by atoms with Gasteiger partial charge in [-0.3, -0.25) is 9.59 Å². The van der Waals surface area contributed by atoms with E-state index < -0.39 is 0 Å². The number of para-hydroxylation sites is 1. The standard InChI is InChI=1S/C24H18O4/c1-2-27-24-21(23(26)19-14-8-9-15-20(19)28-24)17-12-6-7-13-18(17)22(25)16-10-4-3-5-11-16/h3-15H,2H2,1H3. The average molecular weight is 370 g/mol. The zero-order chi connectivity index (χ0) is 19.5. The van der Waals surface area contributed by atoms with Crippen LogP contribution < -0.4 is 10.2 Å². The first-order valence-corrected chi connectivity index (χ1v) is 9.08. The molecular formula is C24H18O4. The molecule has 138 valence electrons. The maximum absolute atomic E-state index is 13.3. The first kappa shape index (κ1) is 17.7. The van der Waals surface area contributed by atoms with Gasteiger partial charge >= 0.3 is 0 Å². The van der Waals surface area contributed by atoms with E-state index in [4.69, 9.17) is 9.15 Å². The van der Waals surface area contributed by atoms with Gasteiger partial charge in [0, 0.05) is 16.7 Å². The Kier molecular flexibility index (Phi) is 4.77. The fourth-order valence-electron chi connectivity index (χ4n) is 3.23. The van der Waals surface area contributed by atoms with Gasteiger partial charge < -0.3 is 9.15 Å². The Morgan fingerprint density at radius 3 is 2.36 bits per heavy atom. The van der Waals surface area contributed by atoms with Crippen LogP contribution in [0.1, 0.15) is 22.8 Å². The second-order valence-electron chi connectivity index (χ2n) is 6.26. The Balaban J connectivity index is 1.99. The number of carbonyl (C=O) groups is 1. The van der Waals surface area contributed by atoms with Crippen LogP contribution in [-0.2, 0) is 0 Å². The summed E-state index contributed by atoms with van der Waals surface area (Å²) in [5.41, 5.74) is 1.97. The lowest BCUT2D eigenvalue weighted by Gasteiger charge is -2.13. The molecule has 0 aliphatic rings. The lowest BCUT2D eigenvalue weighted by molar-refractivity contribution is 0.103. The molecule has 1 aromatic heterocycles. The minimum atomic E-state index is -0.224. The van der Waals surface area contributed by atoms with Crippen LogP contribution in [0.2, 0.25) is 0 Å². The summed E-state index contributed by atoms with van der Waals surface area (Å²) < 4.78 is 11.5. The van der Waals surface area contributed by atoms with Gasteiger partial charge in [0.05, 0.1) is 12.0 Å². The minimum Gasteiger partial charge on any atom is -0.465 e. The molecule has 4 heteroatoms. The number of benzene rings is 3. The molecule has 3 aromatic carbocycles. The second-order valence-corrected chi connectivity index (χ2v) is 6.26. The molecule has 4 aromatic rings. The first-order valence-electron chi connectivity index (χ1n) is 9.08. The van der Waals surface area contributed by atoms with E-state index in [0.29, 0.717) is 34.3 Å². The van der Waals surface area contributed by atoms with Crippen molar-refractivity contribution in [3.05, 3.63) is 100 Å². The highest BCUT2D eigenvalue weighted by molar-refractivity contribution is 6.13. The largest absolute Gasteiger partial charge is 0.465 e. The van der Waals surface area contributed by atoms with Crippen molar-refractivity contribution in [2.24, 2.45) is 0 Å². The summed E-state index contributed by atoms with van der Waals surface area (Å²) >= 11 is 0. The van der Waals surface area contributed by atoms with Crippen LogP contribution in [0.4, 0.5) is 0 Å². The predicted molar refractivity (Wildman–Crippen MR) is 109 cm³/mol. The quantitative estimate of drug-likeness (QED) is 0.459. The molecule has 0 saturated heterocycles. The molecule has 0 aliphatic heterocycles. The van der Waals surface area contributed by atoms with Gasteiger partial charge in [0.1, 0.15) is 11.1 Å². The van der Waals surface area contributed by atoms with Crippen molar-refractivity contribution in [3.8, 4) is 17.1 Å². The van der Waals surface area contributed by atoms with E-state index in [9.17, 15) is 9.59 Å². The van der Waals surface area contributed by atoms with Crippen molar-refractivity contribution >= 4 is 16.8 Å². The molecule has 0 aliphatic carbocycles. The van der Waals surface area contributed by atoms with Crippen LogP contribution in [0.5, 0.6) is 5.95 Å². The summed E-state index contributed by atoms with van der Waals surface area (Å²) in [6.07, 6.45) is 0. The molecule has 0 unspecified atom stereocenters. The van der Waals surface area contributed by atoms with Crippen molar-refractivity contribution in [1.29, 1.82) is 0 Å². The minimum absolute atomic E-state index is 0.125. The highest BCUT2D eigenvalue weighted by atomic mass is 16.6. The van der Waals surface area contributed by atoms with Crippen molar-refractivity contribution in [1.82, 2.24) is 0 Å². The van der Waals surface area contributed by atoms with Gasteiger partial charge in [-0.05, 0) is 19.1 Å². The smallest absolute Gasteiger partial charge is 0.297 e. The van der Waals surface area contributed by atoms with Crippen LogP contribution >= 0.6 is 0 Å². The van der Waals surface area contributed by atoms with Gasteiger partial charge in [0.2, 0.25) is 5.43 Å². The molecule has 4 rings (SSSR count). The Hall–Kier alpha value is -3.66. The van der Waals surface area contributed by atoms with E-state index in [1.54, 1.807) is 60.7 Å². The molecule has 0 spiro atoms. The van der Waals surface area contributed by atoms with Gasteiger partial charge in [0.15, 0.2) is 5.78 Å². The van der Waals surface area contributed by atoms with E-state index in [-0.39, 0.29) is 22.7 Å². The van der Waals surface area contributed by atoms with Crippen LogP contribution in [-0.4, -0.2) is 12.4 Å². The molecule has 0 bridgehead atoms. The summed E-state index contributed by atoms with van der Waals surface area (Å²) in [7, 11) is 0. The van der Waals surface area contributed by atoms with Gasteiger partial charge in [-0.15, -0.1) is 0 Å². The van der Waals surface area contributed by atoms with Crippen LogP contribution in [0.25, 0.3) is 22.1 Å². The lowest BCUT2D eigenvalue weighted by atomic mass is 9.94. The van der Waals surface area contributed by atoms with E-state index in [2.05, 4.69) is 0 Å². The van der Waals surface area contributed by atoms with E-state index in [0.717, 1.165) is 0 Å². The van der Waals surface area contributed by atoms with Crippen molar-refractivity contribution < 1.29 is 13.9 Å². The number of ketones is 1. The monoisotopic (exact) mass is 370 g/mol. The molecule has 28 heavy (non-hydrogen) atoms. The van der Waals surface area contributed by atoms with Gasteiger partial charge in [0.25, 0.3) is 5.95 Å². The third-order valence-electron chi connectivity index (χ3n) is 4.52. The topological polar surface area (TPSA) is 56.5 Å². The summed E-state index contributed by atoms with van der Waals surface area (Å²) in [4.78, 5) is 26.4. The summed E-state index contributed by atoms with van der Waals surface area (Å²) in [6.45, 7) is 2.16. The highest BCUT2D eigenvalue weighted by Gasteiger charge is 2.22. The molecule has 1 heterocycles. The van der Waals surface area contributed by atoms with Crippen molar-refractivity contribution in [3.63, 3.8) is 0 Å². The van der Waals surface area contributed by atoms with E-state index >= 15 is 0 Å². The van der Waals surface area contributed by atoms with Crippen molar-refractivity contribution in [2.45, 2.75) is 6.92 Å². The third kappa shape index (κ3) is 3.09. The SMILES string of the molecule is CCOc1oc2ccccc2c(=O)c1-c1ccccc1C(=O)c1ccccc1. The number of rotatable bonds is 5. The fourth-order valence-corrected chi connectivity index (χ4v) is 3.23. The number of ether oxygens (including phenoxy) is 1. The Morgan fingerprint density at radius 2 is 1.57 bits per heavy atom. The Labute approximate surface area is 162 Å². The van der Waals surface area contributed by atoms with Crippen LogP contribution in [0, 0.1) is 0 Å². The normalized spacial score (nSPS) is 10.8. The molecule has 0 N–H and O–H groups in total. The van der Waals surface area contributed by atoms with Crippen LogP contribution in [0.3, 0.4) is 0 Å². The molecule has 0 atom stereocenters. The molecule has 0 amide bonds. The number of hydrogen-bond donors (Lipinski definition) is 0. The molecule has 4 nitrogen and oxygen atoms in total. The second kappa shape index (κ2) is 7.53. The lowest BCUT2D eigenvalue weighted by Crippen LogP contribution is -2.12.